The fourth-order valence-electron chi connectivity index (χ4n) is 1.53. The largest absolute Gasteiger partial charge is 0.478 e. The molecule has 0 aliphatic carbocycles. The molecule has 2 aromatic heterocycles. The van der Waals surface area contributed by atoms with Crippen LogP contribution in [0.1, 0.15) is 27.3 Å². The average molecular weight is 293 g/mol. The van der Waals surface area contributed by atoms with Crippen LogP contribution in [-0.4, -0.2) is 26.0 Å². The summed E-state index contributed by atoms with van der Waals surface area (Å²) in [4.78, 5) is 23.4. The second-order valence-corrected chi connectivity index (χ2v) is 5.17. The van der Waals surface area contributed by atoms with Crippen LogP contribution in [0.2, 0.25) is 0 Å². The highest BCUT2D eigenvalue weighted by molar-refractivity contribution is 7.99. The smallest absolute Gasteiger partial charge is 0.338 e. The predicted octanol–water partition coefficient (Wildman–Crippen LogP) is 2.79. The highest BCUT2D eigenvalue weighted by atomic mass is 32.2. The van der Waals surface area contributed by atoms with E-state index in [0.29, 0.717) is 5.16 Å². The maximum absolute atomic E-state index is 13.1. The minimum atomic E-state index is -1.24. The quantitative estimate of drug-likeness (QED) is 0.877. The molecular formula is C13H12FN3O2S. The van der Waals surface area contributed by atoms with Gasteiger partial charge in [-0.2, -0.15) is 0 Å². The number of aromatic carboxylic acids is 1. The summed E-state index contributed by atoms with van der Waals surface area (Å²) in [5, 5.41) is 9.62. The Bertz CT molecular complexity index is 668. The van der Waals surface area contributed by atoms with Crippen molar-refractivity contribution < 1.29 is 14.3 Å². The molecular weight excluding hydrogens is 281 g/mol. The van der Waals surface area contributed by atoms with Crippen LogP contribution in [0.15, 0.2) is 22.4 Å². The van der Waals surface area contributed by atoms with E-state index in [1.165, 1.54) is 0 Å². The fraction of sp³-hybridized carbons (Fsp3) is 0.231. The first-order chi connectivity index (χ1) is 9.38. The van der Waals surface area contributed by atoms with Crippen molar-refractivity contribution >= 4 is 17.7 Å². The van der Waals surface area contributed by atoms with Crippen LogP contribution in [0.25, 0.3) is 0 Å². The van der Waals surface area contributed by atoms with Gasteiger partial charge in [0.05, 0.1) is 11.8 Å². The number of halogens is 1. The molecule has 20 heavy (non-hydrogen) atoms. The zero-order valence-corrected chi connectivity index (χ0v) is 12.0. The predicted molar refractivity (Wildman–Crippen MR) is 71.5 cm³/mol. The van der Waals surface area contributed by atoms with Crippen LogP contribution in [0.4, 0.5) is 4.39 Å². The van der Waals surface area contributed by atoms with Gasteiger partial charge in [-0.15, -0.1) is 0 Å². The molecule has 2 heterocycles. The zero-order valence-electron chi connectivity index (χ0n) is 11.1. The van der Waals surface area contributed by atoms with Gasteiger partial charge in [-0.05, 0) is 44.2 Å². The van der Waals surface area contributed by atoms with Gasteiger partial charge >= 0.3 is 5.97 Å². The SMILES string of the molecule is Cc1nc(Sc2ncc(F)cc2C(=O)O)nc(C)c1C. The third-order valence-corrected chi connectivity index (χ3v) is 3.73. The highest BCUT2D eigenvalue weighted by Gasteiger charge is 2.16. The molecule has 7 heteroatoms. The van der Waals surface area contributed by atoms with Crippen LogP contribution in [0.5, 0.6) is 0 Å². The van der Waals surface area contributed by atoms with Gasteiger partial charge in [-0.1, -0.05) is 0 Å². The van der Waals surface area contributed by atoms with Crippen molar-refractivity contribution in [1.29, 1.82) is 0 Å². The Morgan fingerprint density at radius 3 is 2.40 bits per heavy atom. The number of carbonyl (C=O) groups is 1. The molecule has 0 unspecified atom stereocenters. The molecule has 0 spiro atoms. The molecule has 0 aliphatic rings. The van der Waals surface area contributed by atoms with E-state index in [0.717, 1.165) is 41.0 Å². The third kappa shape index (κ3) is 2.93. The van der Waals surface area contributed by atoms with Crippen molar-refractivity contribution in [3.63, 3.8) is 0 Å². The van der Waals surface area contributed by atoms with E-state index in [9.17, 15) is 9.18 Å². The number of rotatable bonds is 3. The summed E-state index contributed by atoms with van der Waals surface area (Å²) in [5.74, 6) is -1.93. The Kier molecular flexibility index (Phi) is 3.99. The number of aromatic nitrogens is 3. The van der Waals surface area contributed by atoms with Crippen LogP contribution in [0.3, 0.4) is 0 Å². The van der Waals surface area contributed by atoms with Crippen molar-refractivity contribution in [1.82, 2.24) is 15.0 Å². The molecule has 0 bridgehead atoms. The van der Waals surface area contributed by atoms with E-state index < -0.39 is 11.8 Å². The molecule has 0 saturated heterocycles. The minimum absolute atomic E-state index is 0.168. The minimum Gasteiger partial charge on any atom is -0.478 e. The van der Waals surface area contributed by atoms with Gasteiger partial charge in [-0.25, -0.2) is 24.1 Å². The maximum atomic E-state index is 13.1. The van der Waals surface area contributed by atoms with Crippen LogP contribution >= 0.6 is 11.8 Å². The number of carboxylic acid groups (broad SMARTS) is 1. The van der Waals surface area contributed by atoms with Gasteiger partial charge in [-0.3, -0.25) is 0 Å². The molecule has 0 aromatic carbocycles. The Morgan fingerprint density at radius 1 is 1.25 bits per heavy atom. The van der Waals surface area contributed by atoms with Crippen molar-refractivity contribution in [2.75, 3.05) is 0 Å². The molecule has 2 rings (SSSR count). The van der Waals surface area contributed by atoms with Gasteiger partial charge in [0, 0.05) is 11.4 Å². The zero-order chi connectivity index (χ0) is 14.9. The third-order valence-electron chi connectivity index (χ3n) is 2.85. The molecule has 0 saturated carbocycles. The number of carboxylic acids is 1. The van der Waals surface area contributed by atoms with Crippen molar-refractivity contribution in [3.05, 3.63) is 40.6 Å². The topological polar surface area (TPSA) is 76.0 Å². The summed E-state index contributed by atoms with van der Waals surface area (Å²) in [6, 6.07) is 0.936. The van der Waals surface area contributed by atoms with E-state index in [2.05, 4.69) is 15.0 Å². The van der Waals surface area contributed by atoms with Gasteiger partial charge in [0.15, 0.2) is 5.16 Å². The first kappa shape index (κ1) is 14.4. The summed E-state index contributed by atoms with van der Waals surface area (Å²) < 4.78 is 13.1. The van der Waals surface area contributed by atoms with Gasteiger partial charge < -0.3 is 5.11 Å². The average Bonchev–Trinajstić information content (AvgIpc) is 2.37. The van der Waals surface area contributed by atoms with E-state index in [-0.39, 0.29) is 10.6 Å². The second kappa shape index (κ2) is 5.54. The van der Waals surface area contributed by atoms with Crippen LogP contribution in [-0.2, 0) is 0 Å². The van der Waals surface area contributed by atoms with Crippen molar-refractivity contribution in [3.8, 4) is 0 Å². The second-order valence-electron chi connectivity index (χ2n) is 4.22. The Labute approximate surface area is 119 Å². The molecule has 2 aromatic rings. The first-order valence-corrected chi connectivity index (χ1v) is 6.58. The highest BCUT2D eigenvalue weighted by Crippen LogP contribution is 2.27. The molecule has 0 radical (unpaired) electrons. The molecule has 0 aliphatic heterocycles. The molecule has 104 valence electrons. The lowest BCUT2D eigenvalue weighted by molar-refractivity contribution is 0.0691. The van der Waals surface area contributed by atoms with Gasteiger partial charge in [0.25, 0.3) is 0 Å². The first-order valence-electron chi connectivity index (χ1n) is 5.77. The monoisotopic (exact) mass is 293 g/mol. The standard InChI is InChI=1S/C13H12FN3O2S/c1-6-7(2)16-13(17-8(6)3)20-11-10(12(18)19)4-9(14)5-15-11/h4-5H,1-3H3,(H,18,19). The number of aryl methyl sites for hydroxylation is 2. The van der Waals surface area contributed by atoms with Crippen LogP contribution < -0.4 is 0 Å². The summed E-state index contributed by atoms with van der Waals surface area (Å²) in [6.45, 7) is 5.62. The lowest BCUT2D eigenvalue weighted by atomic mass is 10.2. The Morgan fingerprint density at radius 2 is 1.85 bits per heavy atom. The van der Waals surface area contributed by atoms with Gasteiger partial charge in [0.1, 0.15) is 10.8 Å². The molecule has 0 atom stereocenters. The normalized spacial score (nSPS) is 10.6. The number of pyridine rings is 1. The summed E-state index contributed by atoms with van der Waals surface area (Å²) in [5.41, 5.74) is 2.42. The van der Waals surface area contributed by atoms with E-state index in [1.54, 1.807) is 0 Å². The van der Waals surface area contributed by atoms with Crippen LogP contribution in [0, 0.1) is 26.6 Å². The summed E-state index contributed by atoms with van der Waals surface area (Å²) in [7, 11) is 0. The lowest BCUT2D eigenvalue weighted by Crippen LogP contribution is -2.03. The van der Waals surface area contributed by atoms with E-state index in [1.807, 2.05) is 20.8 Å². The van der Waals surface area contributed by atoms with Crippen molar-refractivity contribution in [2.24, 2.45) is 0 Å². The molecule has 5 nitrogen and oxygen atoms in total. The number of hydrogen-bond donors (Lipinski definition) is 1. The number of hydrogen-bond acceptors (Lipinski definition) is 5. The number of nitrogens with zero attached hydrogens (tertiary/aromatic N) is 3. The molecule has 0 fully saturated rings. The Hall–Kier alpha value is -2.02. The summed E-state index contributed by atoms with van der Waals surface area (Å²) >= 11 is 1.01. The Balaban J connectivity index is 2.42. The van der Waals surface area contributed by atoms with E-state index >= 15 is 0 Å². The fourth-order valence-corrected chi connectivity index (χ4v) is 2.43. The molecule has 0 amide bonds. The maximum Gasteiger partial charge on any atom is 0.338 e. The van der Waals surface area contributed by atoms with E-state index in [4.69, 9.17) is 5.11 Å². The molecule has 1 N–H and O–H groups in total. The lowest BCUT2D eigenvalue weighted by Gasteiger charge is -2.07. The van der Waals surface area contributed by atoms with Crippen molar-refractivity contribution in [2.45, 2.75) is 31.0 Å². The summed E-state index contributed by atoms with van der Waals surface area (Å²) in [6.07, 6.45) is 0.975. The van der Waals surface area contributed by atoms with Gasteiger partial charge in [0.2, 0.25) is 0 Å².